The third kappa shape index (κ3) is 3.48. The van der Waals surface area contributed by atoms with Gasteiger partial charge in [-0.1, -0.05) is 0 Å². The third-order valence-electron chi connectivity index (χ3n) is 5.17. The van der Waals surface area contributed by atoms with Gasteiger partial charge in [-0.25, -0.2) is 4.39 Å². The third-order valence-corrected chi connectivity index (χ3v) is 5.17. The molecule has 0 saturated carbocycles. The molecule has 2 unspecified atom stereocenters. The second-order valence-corrected chi connectivity index (χ2v) is 6.56. The number of aromatic amines is 1. The molecule has 2 fully saturated rings. The number of carbonyl (C=O) groups is 2. The van der Waals surface area contributed by atoms with E-state index in [1.807, 2.05) is 0 Å². The second kappa shape index (κ2) is 7.18. The summed E-state index contributed by atoms with van der Waals surface area (Å²) in [5, 5.41) is 17.3. The molecule has 134 valence electrons. The minimum absolute atomic E-state index is 0.182. The monoisotopic (exact) mass is 348 g/mol. The molecule has 3 heterocycles. The van der Waals surface area contributed by atoms with Gasteiger partial charge in [-0.15, -0.1) is 0 Å². The van der Waals surface area contributed by atoms with Crippen LogP contribution in [-0.4, -0.2) is 57.8 Å². The van der Waals surface area contributed by atoms with Gasteiger partial charge in [0.25, 0.3) is 12.4 Å². The number of nitrogens with zero attached hydrogens (tertiary/aromatic N) is 2. The molecule has 7 nitrogen and oxygen atoms in total. The number of hydrogen-bond acceptors (Lipinski definition) is 4. The Morgan fingerprint density at radius 2 is 2.04 bits per heavy atom. The minimum Gasteiger partial charge on any atom is -0.483 e. The smallest absolute Gasteiger partial charge is 0.290 e. The molecule has 0 spiro atoms. The molecule has 4 rings (SSSR count). The van der Waals surface area contributed by atoms with Crippen molar-refractivity contribution in [1.29, 1.82) is 0 Å². The van der Waals surface area contributed by atoms with Crippen LogP contribution in [0.25, 0.3) is 10.9 Å². The van der Waals surface area contributed by atoms with Crippen LogP contribution < -0.4 is 5.32 Å². The van der Waals surface area contributed by atoms with Crippen LogP contribution in [0.3, 0.4) is 0 Å². The number of amides is 1. The van der Waals surface area contributed by atoms with E-state index in [-0.39, 0.29) is 29.9 Å². The van der Waals surface area contributed by atoms with E-state index in [2.05, 4.69) is 27.5 Å². The van der Waals surface area contributed by atoms with Gasteiger partial charge in [0.05, 0.1) is 5.52 Å². The van der Waals surface area contributed by atoms with Crippen LogP contribution in [0.4, 0.5) is 4.39 Å². The topological polar surface area (TPSA) is 98.3 Å². The van der Waals surface area contributed by atoms with Crippen molar-refractivity contribution in [3.8, 4) is 0 Å². The number of piperidine rings is 1. The molecule has 25 heavy (non-hydrogen) atoms. The number of halogens is 1. The molecule has 2 atom stereocenters. The number of aromatic nitrogens is 2. The number of rotatable bonds is 2. The van der Waals surface area contributed by atoms with E-state index in [1.54, 1.807) is 6.07 Å². The summed E-state index contributed by atoms with van der Waals surface area (Å²) in [6.07, 6.45) is 4.39. The molecule has 2 saturated heterocycles. The quantitative estimate of drug-likeness (QED) is 0.719. The van der Waals surface area contributed by atoms with Gasteiger partial charge in [0.15, 0.2) is 5.69 Å². The maximum absolute atomic E-state index is 13.4. The van der Waals surface area contributed by atoms with Crippen LogP contribution in [0.1, 0.15) is 36.2 Å². The molecular formula is C17H21FN4O3. The second-order valence-electron chi connectivity index (χ2n) is 6.56. The van der Waals surface area contributed by atoms with Gasteiger partial charge in [0.1, 0.15) is 5.82 Å². The lowest BCUT2D eigenvalue weighted by Gasteiger charge is -2.36. The number of benzene rings is 1. The van der Waals surface area contributed by atoms with Crippen molar-refractivity contribution >= 4 is 23.3 Å². The number of fused-ring (bicyclic) bond motifs is 3. The lowest BCUT2D eigenvalue weighted by atomic mass is 9.98. The highest BCUT2D eigenvalue weighted by Crippen LogP contribution is 2.34. The van der Waals surface area contributed by atoms with Crippen molar-refractivity contribution in [2.75, 3.05) is 7.05 Å². The van der Waals surface area contributed by atoms with Gasteiger partial charge < -0.3 is 15.3 Å². The van der Waals surface area contributed by atoms with Crippen molar-refractivity contribution in [2.24, 2.45) is 0 Å². The maximum Gasteiger partial charge on any atom is 0.290 e. The zero-order valence-electron chi connectivity index (χ0n) is 13.9. The number of carboxylic acid groups (broad SMARTS) is 1. The summed E-state index contributed by atoms with van der Waals surface area (Å²) in [4.78, 5) is 23.3. The minimum atomic E-state index is -0.361. The summed E-state index contributed by atoms with van der Waals surface area (Å²) in [7, 11) is 2.17. The Labute approximate surface area is 144 Å². The van der Waals surface area contributed by atoms with E-state index < -0.39 is 0 Å². The Morgan fingerprint density at radius 1 is 1.40 bits per heavy atom. The van der Waals surface area contributed by atoms with E-state index in [0.29, 0.717) is 23.0 Å². The van der Waals surface area contributed by atoms with E-state index in [0.717, 1.165) is 12.8 Å². The van der Waals surface area contributed by atoms with Crippen molar-refractivity contribution in [3.05, 3.63) is 29.7 Å². The Hall–Kier alpha value is -2.48. The fourth-order valence-corrected chi connectivity index (χ4v) is 3.94. The summed E-state index contributed by atoms with van der Waals surface area (Å²) in [5.74, 6) is -0.578. The largest absolute Gasteiger partial charge is 0.483 e. The number of carbonyl (C=O) groups excluding carboxylic acids is 1. The van der Waals surface area contributed by atoms with Crippen molar-refractivity contribution < 1.29 is 19.1 Å². The highest BCUT2D eigenvalue weighted by atomic mass is 19.1. The van der Waals surface area contributed by atoms with Crippen molar-refractivity contribution in [1.82, 2.24) is 20.4 Å². The molecule has 2 aromatic rings. The van der Waals surface area contributed by atoms with Crippen LogP contribution in [0.15, 0.2) is 18.2 Å². The molecule has 2 bridgehead atoms. The zero-order chi connectivity index (χ0) is 18.0. The van der Waals surface area contributed by atoms with Crippen molar-refractivity contribution in [2.45, 2.75) is 43.8 Å². The molecule has 1 aromatic heterocycles. The van der Waals surface area contributed by atoms with Crippen LogP contribution in [0.2, 0.25) is 0 Å². The first-order chi connectivity index (χ1) is 12.0. The average Bonchev–Trinajstić information content (AvgIpc) is 3.05. The lowest BCUT2D eigenvalue weighted by Crippen LogP contribution is -2.48. The van der Waals surface area contributed by atoms with Crippen molar-refractivity contribution in [3.63, 3.8) is 0 Å². The Balaban J connectivity index is 0.000000569. The van der Waals surface area contributed by atoms with E-state index >= 15 is 0 Å². The highest BCUT2D eigenvalue weighted by Gasteiger charge is 2.39. The van der Waals surface area contributed by atoms with E-state index in [9.17, 15) is 9.18 Å². The van der Waals surface area contributed by atoms with Crippen LogP contribution in [0.5, 0.6) is 0 Å². The fourth-order valence-electron chi connectivity index (χ4n) is 3.94. The normalized spacial score (nSPS) is 25.3. The molecule has 0 aliphatic carbocycles. The Morgan fingerprint density at radius 3 is 2.68 bits per heavy atom. The van der Waals surface area contributed by atoms with Crippen LogP contribution >= 0.6 is 0 Å². The highest BCUT2D eigenvalue weighted by molar-refractivity contribution is 6.04. The summed E-state index contributed by atoms with van der Waals surface area (Å²) in [6, 6.07) is 5.63. The predicted octanol–water partition coefficient (Wildman–Crippen LogP) is 1.76. The van der Waals surface area contributed by atoms with E-state index in [4.69, 9.17) is 9.90 Å². The van der Waals surface area contributed by atoms with Crippen LogP contribution in [-0.2, 0) is 4.79 Å². The summed E-state index contributed by atoms with van der Waals surface area (Å²) in [5.41, 5.74) is 0.954. The molecular weight excluding hydrogens is 327 g/mol. The molecule has 3 N–H and O–H groups in total. The summed E-state index contributed by atoms with van der Waals surface area (Å²) >= 11 is 0. The maximum atomic E-state index is 13.4. The first-order valence-corrected chi connectivity index (χ1v) is 8.27. The van der Waals surface area contributed by atoms with Gasteiger partial charge in [0.2, 0.25) is 0 Å². The standard InChI is InChI=1S/C16H19FN4O.CH2O2/c1-21-11-3-4-12(21)8-10(7-11)18-16(22)15-13-6-9(17)2-5-14(13)19-20-15;2-1-3/h2,5-6,10-12H,3-4,7-8H2,1H3,(H,18,22)(H,19,20);1H,(H,2,3). The van der Waals surface area contributed by atoms with Gasteiger partial charge in [-0.05, 0) is 50.9 Å². The first kappa shape index (κ1) is 17.3. The Kier molecular flexibility index (Phi) is 4.98. The van der Waals surface area contributed by atoms with Gasteiger partial charge >= 0.3 is 0 Å². The zero-order valence-corrected chi connectivity index (χ0v) is 13.9. The van der Waals surface area contributed by atoms with Crippen LogP contribution in [0, 0.1) is 5.82 Å². The summed E-state index contributed by atoms with van der Waals surface area (Å²) in [6.45, 7) is -0.250. The Bertz CT molecular complexity index is 764. The van der Waals surface area contributed by atoms with Gasteiger partial charge in [-0.3, -0.25) is 14.7 Å². The summed E-state index contributed by atoms with van der Waals surface area (Å²) < 4.78 is 13.4. The molecule has 0 radical (unpaired) electrons. The average molecular weight is 348 g/mol. The van der Waals surface area contributed by atoms with Gasteiger partial charge in [-0.2, -0.15) is 5.10 Å². The molecule has 2 aliphatic rings. The first-order valence-electron chi connectivity index (χ1n) is 8.27. The predicted molar refractivity (Wildman–Crippen MR) is 89.8 cm³/mol. The lowest BCUT2D eigenvalue weighted by molar-refractivity contribution is -0.122. The fraction of sp³-hybridized carbons (Fsp3) is 0.471. The molecule has 2 aliphatic heterocycles. The number of hydrogen-bond donors (Lipinski definition) is 3. The molecule has 1 aromatic carbocycles. The number of H-pyrrole nitrogens is 1. The van der Waals surface area contributed by atoms with E-state index in [1.165, 1.54) is 25.0 Å². The molecule has 1 amide bonds. The SMILES string of the molecule is CN1C2CCC1CC(NC(=O)c1n[nH]c3ccc(F)cc13)C2.O=CO. The molecule has 8 heteroatoms. The van der Waals surface area contributed by atoms with Gasteiger partial charge in [0, 0.05) is 23.5 Å². The number of nitrogens with one attached hydrogen (secondary N) is 2.